The third kappa shape index (κ3) is 6.00. The van der Waals surface area contributed by atoms with E-state index < -0.39 is 0 Å². The summed E-state index contributed by atoms with van der Waals surface area (Å²) in [5.74, 6) is 1.60. The summed E-state index contributed by atoms with van der Waals surface area (Å²) in [6, 6.07) is 26.3. The standard InChI is InChI=1S/C33H37N5O2S/c1-24-23-29(25(2)37(24)18-8-17-36-19-21-39-22-20-36)32-31(30-11-6-7-16-34-30)35-33(41)38(32)26-12-14-28(15-13-26)40-27-9-4-3-5-10-27/h3-7,9-16,23,31-32H,8,17-22H2,1-2H3,(H,35,41)/t31-,32-/m0/s1. The molecule has 212 valence electrons. The van der Waals surface area contributed by atoms with Crippen molar-refractivity contribution in [3.63, 3.8) is 0 Å². The third-order valence-electron chi connectivity index (χ3n) is 8.08. The highest BCUT2D eigenvalue weighted by Gasteiger charge is 2.42. The molecule has 2 aromatic carbocycles. The number of pyridine rings is 1. The van der Waals surface area contributed by atoms with Crippen LogP contribution < -0.4 is 15.0 Å². The van der Waals surface area contributed by atoms with Gasteiger partial charge in [0, 0.05) is 49.5 Å². The van der Waals surface area contributed by atoms with Crippen LogP contribution in [0, 0.1) is 13.8 Å². The van der Waals surface area contributed by atoms with Crippen LogP contribution in [-0.2, 0) is 11.3 Å². The summed E-state index contributed by atoms with van der Waals surface area (Å²) in [6.07, 6.45) is 2.96. The van der Waals surface area contributed by atoms with E-state index in [0.29, 0.717) is 5.11 Å². The van der Waals surface area contributed by atoms with Crippen molar-refractivity contribution in [2.75, 3.05) is 37.7 Å². The van der Waals surface area contributed by atoms with E-state index in [4.69, 9.17) is 26.7 Å². The van der Waals surface area contributed by atoms with Crippen LogP contribution in [0.5, 0.6) is 11.5 Å². The van der Waals surface area contributed by atoms with Gasteiger partial charge in [-0.25, -0.2) is 0 Å². The maximum atomic E-state index is 6.05. The van der Waals surface area contributed by atoms with Crippen molar-refractivity contribution in [2.45, 2.75) is 38.9 Å². The monoisotopic (exact) mass is 567 g/mol. The van der Waals surface area contributed by atoms with E-state index in [1.807, 2.05) is 60.8 Å². The highest BCUT2D eigenvalue weighted by atomic mass is 32.1. The summed E-state index contributed by atoms with van der Waals surface area (Å²) in [6.45, 7) is 10.2. The van der Waals surface area contributed by atoms with Crippen molar-refractivity contribution in [1.82, 2.24) is 19.8 Å². The van der Waals surface area contributed by atoms with Crippen LogP contribution in [0.1, 0.15) is 41.1 Å². The number of anilines is 1. The van der Waals surface area contributed by atoms with E-state index in [1.54, 1.807) is 0 Å². The van der Waals surface area contributed by atoms with Gasteiger partial charge in [0.1, 0.15) is 11.5 Å². The Labute approximate surface area is 247 Å². The Bertz CT molecular complexity index is 1450. The van der Waals surface area contributed by atoms with Gasteiger partial charge in [0.15, 0.2) is 5.11 Å². The number of hydrogen-bond acceptors (Lipinski definition) is 5. The first-order valence-corrected chi connectivity index (χ1v) is 14.8. The highest BCUT2D eigenvalue weighted by molar-refractivity contribution is 7.80. The molecule has 0 bridgehead atoms. The van der Waals surface area contributed by atoms with E-state index in [-0.39, 0.29) is 12.1 Å². The highest BCUT2D eigenvalue weighted by Crippen LogP contribution is 2.43. The first-order chi connectivity index (χ1) is 20.1. The summed E-state index contributed by atoms with van der Waals surface area (Å²) < 4.78 is 14.0. The van der Waals surface area contributed by atoms with Gasteiger partial charge in [-0.1, -0.05) is 24.3 Å². The quantitative estimate of drug-likeness (QED) is 0.242. The molecule has 0 aliphatic carbocycles. The van der Waals surface area contributed by atoms with Gasteiger partial charge in [0.05, 0.1) is 31.0 Å². The summed E-state index contributed by atoms with van der Waals surface area (Å²) >= 11 is 5.97. The lowest BCUT2D eigenvalue weighted by Crippen LogP contribution is -2.37. The van der Waals surface area contributed by atoms with Gasteiger partial charge in [-0.15, -0.1) is 0 Å². The molecule has 6 rings (SSSR count). The van der Waals surface area contributed by atoms with Crippen LogP contribution in [0.3, 0.4) is 0 Å². The van der Waals surface area contributed by atoms with Crippen molar-refractivity contribution in [3.8, 4) is 11.5 Å². The average molecular weight is 568 g/mol. The molecule has 1 N–H and O–H groups in total. The largest absolute Gasteiger partial charge is 0.457 e. The number of ether oxygens (including phenoxy) is 2. The SMILES string of the molecule is Cc1cc([C@H]2[C@H](c3ccccn3)NC(=S)N2c2ccc(Oc3ccccc3)cc2)c(C)n1CCCN1CCOCC1. The van der Waals surface area contributed by atoms with Crippen LogP contribution in [0.2, 0.25) is 0 Å². The fourth-order valence-electron chi connectivity index (χ4n) is 6.00. The van der Waals surface area contributed by atoms with Crippen molar-refractivity contribution < 1.29 is 9.47 Å². The summed E-state index contributed by atoms with van der Waals surface area (Å²) in [5.41, 5.74) is 5.80. The first-order valence-electron chi connectivity index (χ1n) is 14.4. The number of thiocarbonyl (C=S) groups is 1. The fourth-order valence-corrected chi connectivity index (χ4v) is 6.34. The van der Waals surface area contributed by atoms with Crippen molar-refractivity contribution >= 4 is 23.0 Å². The average Bonchev–Trinajstić information content (AvgIpc) is 3.50. The van der Waals surface area contributed by atoms with Gasteiger partial charge in [0.25, 0.3) is 0 Å². The van der Waals surface area contributed by atoms with Crippen molar-refractivity contribution in [3.05, 3.63) is 108 Å². The van der Waals surface area contributed by atoms with Crippen molar-refractivity contribution in [2.24, 2.45) is 0 Å². The predicted octanol–water partition coefficient (Wildman–Crippen LogP) is 6.19. The van der Waals surface area contributed by atoms with Gasteiger partial charge in [-0.2, -0.15) is 0 Å². The molecule has 8 heteroatoms. The number of para-hydroxylation sites is 1. The van der Waals surface area contributed by atoms with Crippen molar-refractivity contribution in [1.29, 1.82) is 0 Å². The third-order valence-corrected chi connectivity index (χ3v) is 8.40. The Hall–Kier alpha value is -3.72. The summed E-state index contributed by atoms with van der Waals surface area (Å²) in [4.78, 5) is 9.47. The summed E-state index contributed by atoms with van der Waals surface area (Å²) in [7, 11) is 0. The molecule has 0 amide bonds. The van der Waals surface area contributed by atoms with Gasteiger partial charge in [-0.05, 0) is 92.6 Å². The van der Waals surface area contributed by atoms with E-state index in [2.05, 4.69) is 57.8 Å². The molecule has 2 fully saturated rings. The molecule has 0 spiro atoms. The van der Waals surface area contributed by atoms with E-state index in [1.165, 1.54) is 17.0 Å². The van der Waals surface area contributed by atoms with Crippen LogP contribution >= 0.6 is 12.2 Å². The first kappa shape index (κ1) is 27.4. The predicted molar refractivity (Wildman–Crippen MR) is 167 cm³/mol. The van der Waals surface area contributed by atoms with E-state index in [9.17, 15) is 0 Å². The Morgan fingerprint density at radius 1 is 0.927 bits per heavy atom. The number of aromatic nitrogens is 2. The Morgan fingerprint density at radius 3 is 2.39 bits per heavy atom. The van der Waals surface area contributed by atoms with Crippen LogP contribution in [0.25, 0.3) is 0 Å². The Kier molecular flexibility index (Phi) is 8.32. The van der Waals surface area contributed by atoms with Gasteiger partial charge in [0.2, 0.25) is 0 Å². The van der Waals surface area contributed by atoms with Gasteiger partial charge >= 0.3 is 0 Å². The molecule has 0 unspecified atom stereocenters. The molecular formula is C33H37N5O2S. The molecule has 4 heterocycles. The zero-order valence-electron chi connectivity index (χ0n) is 23.7. The molecule has 2 aliphatic heterocycles. The topological polar surface area (TPSA) is 54.8 Å². The number of aryl methyl sites for hydroxylation is 1. The molecule has 4 aromatic rings. The second-order valence-electron chi connectivity index (χ2n) is 10.7. The normalized spacial score (nSPS) is 19.4. The fraction of sp³-hybridized carbons (Fsp3) is 0.333. The minimum atomic E-state index is -0.0776. The number of morpholine rings is 1. The minimum Gasteiger partial charge on any atom is -0.457 e. The van der Waals surface area contributed by atoms with E-state index >= 15 is 0 Å². The van der Waals surface area contributed by atoms with Gasteiger partial charge < -0.3 is 24.3 Å². The molecular weight excluding hydrogens is 530 g/mol. The number of hydrogen-bond donors (Lipinski definition) is 1. The zero-order chi connectivity index (χ0) is 28.2. The van der Waals surface area contributed by atoms with Crippen LogP contribution in [0.4, 0.5) is 5.69 Å². The second-order valence-corrected chi connectivity index (χ2v) is 11.1. The molecule has 41 heavy (non-hydrogen) atoms. The molecule has 0 saturated carbocycles. The molecule has 7 nitrogen and oxygen atoms in total. The Balaban J connectivity index is 1.29. The second kappa shape index (κ2) is 12.4. The maximum Gasteiger partial charge on any atom is 0.174 e. The molecule has 2 saturated heterocycles. The minimum absolute atomic E-state index is 0.0440. The molecule has 2 atom stereocenters. The maximum absolute atomic E-state index is 6.05. The van der Waals surface area contributed by atoms with Gasteiger partial charge in [-0.3, -0.25) is 9.88 Å². The van der Waals surface area contributed by atoms with Crippen LogP contribution in [0.15, 0.2) is 85.1 Å². The van der Waals surface area contributed by atoms with Crippen LogP contribution in [-0.4, -0.2) is 52.4 Å². The lowest BCUT2D eigenvalue weighted by atomic mass is 9.96. The number of benzene rings is 2. The summed E-state index contributed by atoms with van der Waals surface area (Å²) in [5, 5.41) is 4.29. The lowest BCUT2D eigenvalue weighted by molar-refractivity contribution is 0.0369. The smallest absolute Gasteiger partial charge is 0.174 e. The number of rotatable bonds is 9. The molecule has 2 aromatic heterocycles. The Morgan fingerprint density at radius 2 is 1.66 bits per heavy atom. The molecule has 2 aliphatic rings. The molecule has 0 radical (unpaired) electrons. The van der Waals surface area contributed by atoms with E-state index in [0.717, 1.165) is 68.7 Å². The zero-order valence-corrected chi connectivity index (χ0v) is 24.5. The number of nitrogens with one attached hydrogen (secondary N) is 1. The lowest BCUT2D eigenvalue weighted by Gasteiger charge is -2.28. The number of nitrogens with zero attached hydrogens (tertiary/aromatic N) is 4.